The molecule has 8 aromatic carbocycles. The van der Waals surface area contributed by atoms with Crippen molar-refractivity contribution in [2.45, 2.75) is 0 Å². The van der Waals surface area contributed by atoms with Gasteiger partial charge in [0.1, 0.15) is 11.5 Å². The molecule has 0 spiro atoms. The molecule has 0 aromatic heterocycles. The van der Waals surface area contributed by atoms with Crippen LogP contribution in [0.3, 0.4) is 0 Å². The lowest BCUT2D eigenvalue weighted by Crippen LogP contribution is -2.10. The van der Waals surface area contributed by atoms with E-state index in [0.717, 1.165) is 78.3 Å². The molecule has 0 saturated heterocycles. The highest BCUT2D eigenvalue weighted by molar-refractivity contribution is 5.92. The van der Waals surface area contributed by atoms with Crippen molar-refractivity contribution in [3.05, 3.63) is 182 Å². The lowest BCUT2D eigenvalue weighted by atomic mass is 10.0. The first-order valence-electron chi connectivity index (χ1n) is 16.7. The van der Waals surface area contributed by atoms with E-state index < -0.39 is 0 Å². The topological polar surface area (TPSA) is 24.9 Å². The quantitative estimate of drug-likeness (QED) is 0.155. The van der Waals surface area contributed by atoms with Gasteiger partial charge in [-0.05, 0) is 130 Å². The summed E-state index contributed by atoms with van der Waals surface area (Å²) >= 11 is 0. The maximum atomic E-state index is 5.45. The fourth-order valence-electron chi connectivity index (χ4n) is 6.61. The number of hydrogen-bond donors (Lipinski definition) is 0. The fraction of sp³-hybridized carbons (Fsp3) is 0.0435. The van der Waals surface area contributed by atoms with E-state index in [9.17, 15) is 0 Å². The molecule has 0 radical (unpaired) electrons. The molecule has 8 rings (SSSR count). The highest BCUT2D eigenvalue weighted by atomic mass is 16.5. The second-order valence-electron chi connectivity index (χ2n) is 12.2. The van der Waals surface area contributed by atoms with Crippen molar-refractivity contribution in [2.75, 3.05) is 24.0 Å². The first kappa shape index (κ1) is 30.8. The summed E-state index contributed by atoms with van der Waals surface area (Å²) in [4.78, 5) is 4.60. The van der Waals surface area contributed by atoms with Gasteiger partial charge in [0.2, 0.25) is 0 Å². The van der Waals surface area contributed by atoms with E-state index in [4.69, 9.17) is 9.47 Å². The molecule has 4 nitrogen and oxygen atoms in total. The maximum absolute atomic E-state index is 5.45. The minimum Gasteiger partial charge on any atom is -0.497 e. The molecule has 0 atom stereocenters. The zero-order valence-electron chi connectivity index (χ0n) is 28.0. The van der Waals surface area contributed by atoms with Crippen molar-refractivity contribution in [1.29, 1.82) is 0 Å². The highest BCUT2D eigenvalue weighted by Gasteiger charge is 2.15. The normalized spacial score (nSPS) is 11.0. The summed E-state index contributed by atoms with van der Waals surface area (Å²) in [7, 11) is 3.41. The molecule has 4 heteroatoms. The number of methoxy groups -OCH3 is 2. The smallest absolute Gasteiger partial charge is 0.119 e. The van der Waals surface area contributed by atoms with Gasteiger partial charge in [0.05, 0.1) is 14.2 Å². The molecule has 0 amide bonds. The molecular weight excluding hydrogens is 613 g/mol. The van der Waals surface area contributed by atoms with Crippen LogP contribution < -0.4 is 19.3 Å². The van der Waals surface area contributed by atoms with Crippen LogP contribution in [0, 0.1) is 0 Å². The third-order valence-electron chi connectivity index (χ3n) is 9.19. The Morgan fingerprint density at radius 1 is 0.300 bits per heavy atom. The van der Waals surface area contributed by atoms with Gasteiger partial charge in [0.25, 0.3) is 0 Å². The van der Waals surface area contributed by atoms with E-state index in [2.05, 4.69) is 180 Å². The Bertz CT molecular complexity index is 2220. The predicted molar refractivity (Wildman–Crippen MR) is 209 cm³/mol. The van der Waals surface area contributed by atoms with Gasteiger partial charge in [0, 0.05) is 34.1 Å². The number of fused-ring (bicyclic) bond motifs is 2. The number of para-hydroxylation sites is 2. The number of anilines is 6. The van der Waals surface area contributed by atoms with E-state index in [1.54, 1.807) is 14.2 Å². The van der Waals surface area contributed by atoms with Crippen LogP contribution in [-0.2, 0) is 0 Å². The number of hydrogen-bond acceptors (Lipinski definition) is 4. The molecule has 0 unspecified atom stereocenters. The second kappa shape index (κ2) is 13.5. The second-order valence-corrected chi connectivity index (χ2v) is 12.2. The van der Waals surface area contributed by atoms with Gasteiger partial charge in [0.15, 0.2) is 0 Å². The Morgan fingerprint density at radius 3 is 1.00 bits per heavy atom. The molecular formula is C46H36N2O2. The SMILES string of the molecule is COc1ccc2cc(N(c3ccccc3)c3ccc(-c4ccc(N(c5ccccc5)c5ccc6cc(OC)ccc6c5)cc4)cc3)ccc2c1. The van der Waals surface area contributed by atoms with Crippen molar-refractivity contribution in [3.63, 3.8) is 0 Å². The largest absolute Gasteiger partial charge is 0.497 e. The van der Waals surface area contributed by atoms with E-state index in [1.807, 2.05) is 12.1 Å². The summed E-state index contributed by atoms with van der Waals surface area (Å²) in [5.74, 6) is 1.72. The third kappa shape index (κ3) is 6.11. The van der Waals surface area contributed by atoms with Crippen LogP contribution in [0.15, 0.2) is 182 Å². The summed E-state index contributed by atoms with van der Waals surface area (Å²) in [5.41, 5.74) is 8.90. The first-order valence-corrected chi connectivity index (χ1v) is 16.7. The molecule has 50 heavy (non-hydrogen) atoms. The van der Waals surface area contributed by atoms with Gasteiger partial charge < -0.3 is 19.3 Å². The predicted octanol–water partition coefficient (Wildman–Crippen LogP) is 12.6. The molecule has 242 valence electrons. The van der Waals surface area contributed by atoms with Crippen LogP contribution in [0.4, 0.5) is 34.1 Å². The molecule has 0 aliphatic rings. The first-order chi connectivity index (χ1) is 24.7. The van der Waals surface area contributed by atoms with Gasteiger partial charge >= 0.3 is 0 Å². The average Bonchev–Trinajstić information content (AvgIpc) is 3.19. The Morgan fingerprint density at radius 2 is 0.620 bits per heavy atom. The summed E-state index contributed by atoms with van der Waals surface area (Å²) < 4.78 is 10.9. The zero-order chi connectivity index (χ0) is 33.9. The zero-order valence-corrected chi connectivity index (χ0v) is 28.0. The molecule has 0 fully saturated rings. The summed E-state index contributed by atoms with van der Waals surface area (Å²) in [5, 5.41) is 4.61. The minimum atomic E-state index is 0.858. The van der Waals surface area contributed by atoms with E-state index in [0.29, 0.717) is 0 Å². The average molecular weight is 649 g/mol. The standard InChI is InChI=1S/C46H36N2O2/c1-49-45-27-19-35-29-43(25-17-37(35)31-45)47(39-9-5-3-6-10-39)41-21-13-33(14-22-41)34-15-23-42(24-16-34)48(40-11-7-4-8-12-40)44-26-18-38-32-46(50-2)28-20-36(38)30-44/h3-32H,1-2H3. The number of nitrogens with zero attached hydrogens (tertiary/aromatic N) is 2. The van der Waals surface area contributed by atoms with Gasteiger partial charge in [-0.25, -0.2) is 0 Å². The Labute approximate surface area is 293 Å². The molecule has 0 aliphatic heterocycles. The van der Waals surface area contributed by atoms with Crippen molar-refractivity contribution in [3.8, 4) is 22.6 Å². The van der Waals surface area contributed by atoms with Crippen molar-refractivity contribution >= 4 is 55.7 Å². The Hall–Kier alpha value is -6.52. The van der Waals surface area contributed by atoms with E-state index in [-0.39, 0.29) is 0 Å². The number of ether oxygens (including phenoxy) is 2. The molecule has 0 bridgehead atoms. The number of rotatable bonds is 9. The molecule has 8 aromatic rings. The van der Waals surface area contributed by atoms with Crippen LogP contribution in [0.1, 0.15) is 0 Å². The molecule has 0 heterocycles. The van der Waals surface area contributed by atoms with Gasteiger partial charge in [-0.3, -0.25) is 0 Å². The monoisotopic (exact) mass is 648 g/mol. The third-order valence-corrected chi connectivity index (χ3v) is 9.19. The van der Waals surface area contributed by atoms with Crippen LogP contribution in [0.2, 0.25) is 0 Å². The summed E-state index contributed by atoms with van der Waals surface area (Å²) in [6, 6.07) is 64.2. The van der Waals surface area contributed by atoms with Crippen LogP contribution in [-0.4, -0.2) is 14.2 Å². The van der Waals surface area contributed by atoms with E-state index >= 15 is 0 Å². The Kier molecular flexibility index (Phi) is 8.34. The van der Waals surface area contributed by atoms with Crippen molar-refractivity contribution in [2.24, 2.45) is 0 Å². The molecule has 0 N–H and O–H groups in total. The number of benzene rings is 8. The molecule has 0 saturated carbocycles. The van der Waals surface area contributed by atoms with Crippen LogP contribution in [0.25, 0.3) is 32.7 Å². The molecule has 0 aliphatic carbocycles. The minimum absolute atomic E-state index is 0.858. The summed E-state index contributed by atoms with van der Waals surface area (Å²) in [6.07, 6.45) is 0. The fourth-order valence-corrected chi connectivity index (χ4v) is 6.61. The van der Waals surface area contributed by atoms with E-state index in [1.165, 1.54) is 0 Å². The Balaban J connectivity index is 1.11. The van der Waals surface area contributed by atoms with Crippen LogP contribution >= 0.6 is 0 Å². The van der Waals surface area contributed by atoms with Gasteiger partial charge in [-0.2, -0.15) is 0 Å². The van der Waals surface area contributed by atoms with Crippen LogP contribution in [0.5, 0.6) is 11.5 Å². The lowest BCUT2D eigenvalue weighted by Gasteiger charge is -2.26. The van der Waals surface area contributed by atoms with Gasteiger partial charge in [-0.1, -0.05) is 84.9 Å². The summed E-state index contributed by atoms with van der Waals surface area (Å²) in [6.45, 7) is 0. The lowest BCUT2D eigenvalue weighted by molar-refractivity contribution is 0.415. The van der Waals surface area contributed by atoms with Crippen molar-refractivity contribution in [1.82, 2.24) is 0 Å². The van der Waals surface area contributed by atoms with Gasteiger partial charge in [-0.15, -0.1) is 0 Å². The van der Waals surface area contributed by atoms with Crippen molar-refractivity contribution < 1.29 is 9.47 Å². The highest BCUT2D eigenvalue weighted by Crippen LogP contribution is 2.39. The maximum Gasteiger partial charge on any atom is 0.119 e.